The van der Waals surface area contributed by atoms with Gasteiger partial charge >= 0.3 is 0 Å². The molecular weight excluding hydrogens is 194 g/mol. The van der Waals surface area contributed by atoms with Gasteiger partial charge < -0.3 is 0 Å². The Kier molecular flexibility index (Phi) is 2.11. The van der Waals surface area contributed by atoms with Crippen molar-refractivity contribution >= 4 is 27.8 Å². The fourth-order valence-electron chi connectivity index (χ4n) is 1.75. The number of carbonyl (C=O) groups is 1. The minimum absolute atomic E-state index is 0.793. The molecule has 0 saturated carbocycles. The summed E-state index contributed by atoms with van der Waals surface area (Å²) in [6.45, 7) is 6.01. The molecule has 0 amide bonds. The highest BCUT2D eigenvalue weighted by atomic mass is 32.1. The molecule has 0 N–H and O–H groups in total. The summed E-state index contributed by atoms with van der Waals surface area (Å²) in [6.07, 6.45) is 0.913. The second-order valence-electron chi connectivity index (χ2n) is 3.47. The number of rotatable bonds is 1. The Balaban J connectivity index is 2.92. The van der Waals surface area contributed by atoms with Gasteiger partial charge in [0.05, 0.1) is 4.88 Å². The predicted molar refractivity (Wildman–Crippen MR) is 59.2 cm³/mol. The van der Waals surface area contributed by atoms with E-state index in [9.17, 15) is 4.79 Å². The first-order valence-electron chi connectivity index (χ1n) is 4.46. The number of hydrogen-bond donors (Lipinski definition) is 0. The zero-order valence-electron chi connectivity index (χ0n) is 8.42. The van der Waals surface area contributed by atoms with E-state index in [1.165, 1.54) is 16.9 Å². The van der Waals surface area contributed by atoms with Gasteiger partial charge in [0.1, 0.15) is 4.83 Å². The molecule has 0 saturated heterocycles. The van der Waals surface area contributed by atoms with Crippen LogP contribution < -0.4 is 0 Å². The van der Waals surface area contributed by atoms with Crippen molar-refractivity contribution in [2.45, 2.75) is 20.8 Å². The van der Waals surface area contributed by atoms with E-state index >= 15 is 0 Å². The molecule has 0 aromatic carbocycles. The van der Waals surface area contributed by atoms with E-state index < -0.39 is 0 Å². The summed E-state index contributed by atoms with van der Waals surface area (Å²) < 4.78 is 0. The molecule has 2 heterocycles. The Morgan fingerprint density at radius 3 is 2.71 bits per heavy atom. The van der Waals surface area contributed by atoms with E-state index in [2.05, 4.69) is 18.0 Å². The summed E-state index contributed by atoms with van der Waals surface area (Å²) in [5.74, 6) is 0. The van der Waals surface area contributed by atoms with Crippen LogP contribution in [0.4, 0.5) is 0 Å². The highest BCUT2D eigenvalue weighted by Crippen LogP contribution is 2.30. The van der Waals surface area contributed by atoms with Gasteiger partial charge in [-0.15, -0.1) is 11.3 Å². The average Bonchev–Trinajstić information content (AvgIpc) is 2.42. The van der Waals surface area contributed by atoms with Crippen LogP contribution in [0.3, 0.4) is 0 Å². The average molecular weight is 205 g/mol. The Hall–Kier alpha value is -1.22. The second kappa shape index (κ2) is 3.17. The van der Waals surface area contributed by atoms with Crippen LogP contribution in [0.15, 0.2) is 6.07 Å². The van der Waals surface area contributed by atoms with Crippen molar-refractivity contribution in [3.8, 4) is 0 Å². The SMILES string of the molecule is Cc1cc(C)c2c(C)c(C=O)sc2n1. The molecule has 0 fully saturated rings. The van der Waals surface area contributed by atoms with Gasteiger partial charge in [0.25, 0.3) is 0 Å². The van der Waals surface area contributed by atoms with Crippen LogP contribution in [0.2, 0.25) is 0 Å². The van der Waals surface area contributed by atoms with Gasteiger partial charge in [0.2, 0.25) is 0 Å². The number of aromatic nitrogens is 1. The van der Waals surface area contributed by atoms with E-state index in [0.29, 0.717) is 0 Å². The Labute approximate surface area is 86.6 Å². The maximum Gasteiger partial charge on any atom is 0.160 e. The van der Waals surface area contributed by atoms with Crippen molar-refractivity contribution in [3.63, 3.8) is 0 Å². The fourth-order valence-corrected chi connectivity index (χ4v) is 2.87. The summed E-state index contributed by atoms with van der Waals surface area (Å²) in [5, 5.41) is 1.14. The number of pyridine rings is 1. The van der Waals surface area contributed by atoms with E-state index in [-0.39, 0.29) is 0 Å². The van der Waals surface area contributed by atoms with Crippen LogP contribution in [0, 0.1) is 20.8 Å². The summed E-state index contributed by atoms with van der Waals surface area (Å²) in [6, 6.07) is 2.05. The number of thiophene rings is 1. The zero-order valence-corrected chi connectivity index (χ0v) is 9.23. The van der Waals surface area contributed by atoms with Gasteiger partial charge in [-0.2, -0.15) is 0 Å². The van der Waals surface area contributed by atoms with Gasteiger partial charge in [-0.05, 0) is 38.0 Å². The van der Waals surface area contributed by atoms with Crippen LogP contribution in [0.1, 0.15) is 26.5 Å². The number of carbonyl (C=O) groups excluding carboxylic acids is 1. The quantitative estimate of drug-likeness (QED) is 0.670. The van der Waals surface area contributed by atoms with E-state index in [1.54, 1.807) is 0 Å². The molecule has 2 rings (SSSR count). The Morgan fingerprint density at radius 1 is 1.36 bits per heavy atom. The standard InChI is InChI=1S/C11H11NOS/c1-6-4-7(2)12-11-10(6)8(3)9(5-13)14-11/h4-5H,1-3H3. The molecule has 2 aromatic heterocycles. The molecule has 72 valence electrons. The molecule has 0 atom stereocenters. The van der Waals surface area contributed by atoms with Crippen molar-refractivity contribution in [1.82, 2.24) is 4.98 Å². The first-order chi connectivity index (χ1) is 6.63. The molecule has 0 aliphatic rings. The van der Waals surface area contributed by atoms with Crippen molar-refractivity contribution in [3.05, 3.63) is 27.8 Å². The zero-order chi connectivity index (χ0) is 10.3. The van der Waals surface area contributed by atoms with E-state index in [1.807, 2.05) is 13.8 Å². The van der Waals surface area contributed by atoms with Crippen molar-refractivity contribution in [2.75, 3.05) is 0 Å². The molecule has 14 heavy (non-hydrogen) atoms. The molecule has 0 radical (unpaired) electrons. The monoisotopic (exact) mass is 205 g/mol. The summed E-state index contributed by atoms with van der Waals surface area (Å²) in [4.78, 5) is 17.0. The lowest BCUT2D eigenvalue weighted by Crippen LogP contribution is -1.84. The maximum atomic E-state index is 10.8. The molecule has 0 spiro atoms. The highest BCUT2D eigenvalue weighted by Gasteiger charge is 2.10. The first-order valence-corrected chi connectivity index (χ1v) is 5.27. The molecule has 3 heteroatoms. The predicted octanol–water partition coefficient (Wildman–Crippen LogP) is 3.03. The smallest absolute Gasteiger partial charge is 0.160 e. The summed E-state index contributed by atoms with van der Waals surface area (Å²) in [7, 11) is 0. The maximum absolute atomic E-state index is 10.8. The fraction of sp³-hybridized carbons (Fsp3) is 0.273. The molecule has 0 bridgehead atoms. The Morgan fingerprint density at radius 2 is 2.07 bits per heavy atom. The van der Waals surface area contributed by atoms with Crippen LogP contribution in [-0.4, -0.2) is 11.3 Å². The first kappa shape index (κ1) is 9.34. The minimum Gasteiger partial charge on any atom is -0.297 e. The molecule has 0 aliphatic carbocycles. The number of fused-ring (bicyclic) bond motifs is 1. The second-order valence-corrected chi connectivity index (χ2v) is 4.50. The summed E-state index contributed by atoms with van der Waals surface area (Å²) in [5.41, 5.74) is 3.27. The van der Waals surface area contributed by atoms with Crippen molar-refractivity contribution in [2.24, 2.45) is 0 Å². The van der Waals surface area contributed by atoms with E-state index in [4.69, 9.17) is 0 Å². The highest BCUT2D eigenvalue weighted by molar-refractivity contribution is 7.20. The minimum atomic E-state index is 0.793. The lowest BCUT2D eigenvalue weighted by Gasteiger charge is -1.98. The number of aldehydes is 1. The van der Waals surface area contributed by atoms with E-state index in [0.717, 1.165) is 32.6 Å². The third-order valence-electron chi connectivity index (χ3n) is 2.37. The van der Waals surface area contributed by atoms with Crippen LogP contribution in [0.5, 0.6) is 0 Å². The normalized spacial score (nSPS) is 10.8. The van der Waals surface area contributed by atoms with Crippen LogP contribution >= 0.6 is 11.3 Å². The molecule has 2 aromatic rings. The number of nitrogens with zero attached hydrogens (tertiary/aromatic N) is 1. The lowest BCUT2D eigenvalue weighted by atomic mass is 10.1. The van der Waals surface area contributed by atoms with Crippen LogP contribution in [-0.2, 0) is 0 Å². The number of aryl methyl sites for hydroxylation is 3. The molecule has 2 nitrogen and oxygen atoms in total. The largest absolute Gasteiger partial charge is 0.297 e. The lowest BCUT2D eigenvalue weighted by molar-refractivity contribution is 0.112. The third kappa shape index (κ3) is 1.24. The third-order valence-corrected chi connectivity index (χ3v) is 3.48. The molecular formula is C11H11NOS. The number of hydrogen-bond acceptors (Lipinski definition) is 3. The van der Waals surface area contributed by atoms with Gasteiger partial charge in [-0.3, -0.25) is 4.79 Å². The molecule has 0 aliphatic heterocycles. The van der Waals surface area contributed by atoms with Crippen LogP contribution in [0.25, 0.3) is 10.2 Å². The van der Waals surface area contributed by atoms with Gasteiger partial charge in [-0.1, -0.05) is 0 Å². The molecule has 0 unspecified atom stereocenters. The van der Waals surface area contributed by atoms with Gasteiger partial charge in [0, 0.05) is 11.1 Å². The van der Waals surface area contributed by atoms with Crippen molar-refractivity contribution < 1.29 is 4.79 Å². The topological polar surface area (TPSA) is 30.0 Å². The summed E-state index contributed by atoms with van der Waals surface area (Å²) >= 11 is 1.47. The van der Waals surface area contributed by atoms with Crippen molar-refractivity contribution in [1.29, 1.82) is 0 Å². The Bertz CT molecular complexity index is 513. The van der Waals surface area contributed by atoms with Gasteiger partial charge in [0.15, 0.2) is 6.29 Å². The van der Waals surface area contributed by atoms with Gasteiger partial charge in [-0.25, -0.2) is 4.98 Å².